The van der Waals surface area contributed by atoms with E-state index in [2.05, 4.69) is 174 Å². The van der Waals surface area contributed by atoms with Gasteiger partial charge in [-0.3, -0.25) is 0 Å². The fourth-order valence-electron chi connectivity index (χ4n) is 9.20. The first-order valence-corrected chi connectivity index (χ1v) is 21.2. The van der Waals surface area contributed by atoms with Crippen LogP contribution < -0.4 is 0 Å². The van der Waals surface area contributed by atoms with E-state index < -0.39 is 0 Å². The molecule has 0 saturated carbocycles. The molecule has 0 radical (unpaired) electrons. The number of aromatic nitrogens is 4. The number of thiophene rings is 1. The van der Waals surface area contributed by atoms with Gasteiger partial charge in [-0.2, -0.15) is 0 Å². The third kappa shape index (κ3) is 5.29. The van der Waals surface area contributed by atoms with Crippen LogP contribution in [0.5, 0.6) is 0 Å². The smallest absolute Gasteiger partial charge is 0.167 e. The number of para-hydroxylation sites is 3. The Bertz CT molecular complexity index is 3880. The summed E-state index contributed by atoms with van der Waals surface area (Å²) in [4.78, 5) is 15.9. The zero-order valence-electron chi connectivity index (χ0n) is 32.6. The number of furan rings is 1. The first-order chi connectivity index (χ1) is 30.2. The van der Waals surface area contributed by atoms with Gasteiger partial charge in [0.2, 0.25) is 0 Å². The average molecular weight is 797 g/mol. The van der Waals surface area contributed by atoms with Crippen LogP contribution >= 0.6 is 11.3 Å². The molecular formula is C55H32N4OS. The van der Waals surface area contributed by atoms with Crippen molar-refractivity contribution in [2.24, 2.45) is 0 Å². The summed E-state index contributed by atoms with van der Waals surface area (Å²) in [6, 6.07) is 68.5. The SMILES string of the molecule is c1ccc(-c2ccc(-c3nc(-c4cccc5c4oc4ccccc45)nc(-c4ccc(-n5c6ccccc6c6cc7ccccc7cc65)c5sc6ccccc6c45)n3)cc2)cc1. The minimum Gasteiger partial charge on any atom is -0.455 e. The van der Waals surface area contributed by atoms with Gasteiger partial charge in [0.05, 0.1) is 27.0 Å². The van der Waals surface area contributed by atoms with Gasteiger partial charge in [-0.25, -0.2) is 15.0 Å². The topological polar surface area (TPSA) is 56.7 Å². The molecule has 284 valence electrons. The molecule has 0 aliphatic rings. The van der Waals surface area contributed by atoms with Crippen LogP contribution in [0.15, 0.2) is 199 Å². The quantitative estimate of drug-likeness (QED) is 0.174. The lowest BCUT2D eigenvalue weighted by Gasteiger charge is -2.14. The van der Waals surface area contributed by atoms with E-state index in [9.17, 15) is 0 Å². The van der Waals surface area contributed by atoms with E-state index >= 15 is 0 Å². The van der Waals surface area contributed by atoms with Crippen molar-refractivity contribution in [1.29, 1.82) is 0 Å². The molecule has 0 N–H and O–H groups in total. The van der Waals surface area contributed by atoms with E-state index in [-0.39, 0.29) is 0 Å². The highest BCUT2D eigenvalue weighted by Gasteiger charge is 2.23. The molecule has 0 unspecified atom stereocenters. The maximum atomic E-state index is 6.56. The molecule has 0 aliphatic carbocycles. The summed E-state index contributed by atoms with van der Waals surface area (Å²) in [5.41, 5.74) is 10.0. The van der Waals surface area contributed by atoms with Crippen LogP contribution in [0, 0.1) is 0 Å². The zero-order valence-corrected chi connectivity index (χ0v) is 33.4. The standard InChI is InChI=1S/C55H32N4OS/c1-2-13-33(14-3-1)34-25-27-35(28-26-34)53-56-54(58-55(57-53)43-21-12-20-40-39-18-7-10-23-48(39)60-51(40)43)42-29-30-46(52-50(42)41-19-8-11-24-49(41)61-52)59-45-22-9-6-17-38(45)44-31-36-15-4-5-16-37(36)32-47(44)59/h1-32H. The first kappa shape index (κ1) is 34.0. The summed E-state index contributed by atoms with van der Waals surface area (Å²) in [7, 11) is 0. The minimum absolute atomic E-state index is 0.558. The summed E-state index contributed by atoms with van der Waals surface area (Å²) in [6.07, 6.45) is 0. The van der Waals surface area contributed by atoms with Crippen LogP contribution in [-0.2, 0) is 0 Å². The first-order valence-electron chi connectivity index (χ1n) is 20.4. The Hall–Kier alpha value is -7.93. The Labute approximate surface area is 353 Å². The largest absolute Gasteiger partial charge is 0.455 e. The molecule has 0 saturated heterocycles. The highest BCUT2D eigenvalue weighted by atomic mass is 32.1. The maximum absolute atomic E-state index is 6.56. The number of fused-ring (bicyclic) bond motifs is 10. The molecular weight excluding hydrogens is 765 g/mol. The molecule has 9 aromatic carbocycles. The van der Waals surface area contributed by atoms with Gasteiger partial charge in [-0.05, 0) is 70.4 Å². The van der Waals surface area contributed by atoms with E-state index in [4.69, 9.17) is 19.4 Å². The Morgan fingerprint density at radius 3 is 1.90 bits per heavy atom. The summed E-state index contributed by atoms with van der Waals surface area (Å²) >= 11 is 1.81. The number of hydrogen-bond donors (Lipinski definition) is 0. The summed E-state index contributed by atoms with van der Waals surface area (Å²) in [5.74, 6) is 1.76. The van der Waals surface area contributed by atoms with E-state index in [0.717, 1.165) is 60.8 Å². The zero-order chi connectivity index (χ0) is 40.0. The van der Waals surface area contributed by atoms with Crippen molar-refractivity contribution in [3.8, 4) is 51.0 Å². The van der Waals surface area contributed by atoms with Crippen LogP contribution in [0.3, 0.4) is 0 Å². The fraction of sp³-hybridized carbons (Fsp3) is 0. The second-order valence-corrected chi connectivity index (χ2v) is 16.6. The molecule has 0 bridgehead atoms. The predicted octanol–water partition coefficient (Wildman–Crippen LogP) is 15.1. The predicted molar refractivity (Wildman–Crippen MR) is 254 cm³/mol. The van der Waals surface area contributed by atoms with Gasteiger partial charge in [-0.1, -0.05) is 146 Å². The van der Waals surface area contributed by atoms with E-state index in [1.165, 1.54) is 47.4 Å². The normalized spacial score (nSPS) is 11.9. The molecule has 0 aliphatic heterocycles. The molecule has 0 spiro atoms. The number of benzene rings is 9. The average Bonchev–Trinajstić information content (AvgIpc) is 4.01. The summed E-state index contributed by atoms with van der Waals surface area (Å²) < 4.78 is 11.4. The highest BCUT2D eigenvalue weighted by molar-refractivity contribution is 7.26. The molecule has 5 nitrogen and oxygen atoms in total. The Kier molecular flexibility index (Phi) is 7.41. The van der Waals surface area contributed by atoms with Crippen molar-refractivity contribution < 1.29 is 4.42 Å². The number of nitrogens with zero attached hydrogens (tertiary/aromatic N) is 4. The van der Waals surface area contributed by atoms with Crippen molar-refractivity contribution in [2.45, 2.75) is 0 Å². The van der Waals surface area contributed by atoms with Gasteiger partial charge in [-0.15, -0.1) is 11.3 Å². The van der Waals surface area contributed by atoms with Crippen molar-refractivity contribution in [3.63, 3.8) is 0 Å². The van der Waals surface area contributed by atoms with Crippen LogP contribution in [0.1, 0.15) is 0 Å². The lowest BCUT2D eigenvalue weighted by molar-refractivity contribution is 0.669. The molecule has 13 rings (SSSR count). The Morgan fingerprint density at radius 2 is 1.05 bits per heavy atom. The van der Waals surface area contributed by atoms with Crippen LogP contribution in [0.25, 0.3) is 126 Å². The van der Waals surface area contributed by atoms with Crippen molar-refractivity contribution in [3.05, 3.63) is 194 Å². The lowest BCUT2D eigenvalue weighted by Crippen LogP contribution is -2.01. The molecule has 6 heteroatoms. The highest BCUT2D eigenvalue weighted by Crippen LogP contribution is 2.46. The second kappa shape index (κ2) is 13.3. The van der Waals surface area contributed by atoms with Gasteiger partial charge in [0.1, 0.15) is 11.2 Å². The number of rotatable bonds is 5. The van der Waals surface area contributed by atoms with Crippen LogP contribution in [-0.4, -0.2) is 19.5 Å². The maximum Gasteiger partial charge on any atom is 0.167 e. The second-order valence-electron chi connectivity index (χ2n) is 15.5. The Balaban J connectivity index is 1.08. The molecule has 61 heavy (non-hydrogen) atoms. The third-order valence-corrected chi connectivity index (χ3v) is 13.3. The van der Waals surface area contributed by atoms with E-state index in [0.29, 0.717) is 17.5 Å². The van der Waals surface area contributed by atoms with Crippen molar-refractivity contribution in [1.82, 2.24) is 19.5 Å². The Morgan fingerprint density at radius 1 is 0.410 bits per heavy atom. The molecule has 4 heterocycles. The van der Waals surface area contributed by atoms with Crippen LogP contribution in [0.2, 0.25) is 0 Å². The molecule has 0 fully saturated rings. The van der Waals surface area contributed by atoms with Crippen molar-refractivity contribution in [2.75, 3.05) is 0 Å². The van der Waals surface area contributed by atoms with Gasteiger partial charge >= 0.3 is 0 Å². The van der Waals surface area contributed by atoms with Crippen molar-refractivity contribution >= 4 is 86.0 Å². The fourth-order valence-corrected chi connectivity index (χ4v) is 10.4. The molecule has 4 aromatic heterocycles. The summed E-state index contributed by atoms with van der Waals surface area (Å²) in [6.45, 7) is 0. The van der Waals surface area contributed by atoms with Gasteiger partial charge in [0, 0.05) is 48.1 Å². The van der Waals surface area contributed by atoms with Gasteiger partial charge in [0.25, 0.3) is 0 Å². The van der Waals surface area contributed by atoms with E-state index in [1.54, 1.807) is 0 Å². The monoisotopic (exact) mass is 796 g/mol. The van der Waals surface area contributed by atoms with E-state index in [1.807, 2.05) is 35.6 Å². The molecule has 0 atom stereocenters. The molecule has 13 aromatic rings. The third-order valence-electron chi connectivity index (χ3n) is 12.1. The lowest BCUT2D eigenvalue weighted by atomic mass is 10.0. The minimum atomic E-state index is 0.558. The van der Waals surface area contributed by atoms with Crippen LogP contribution in [0.4, 0.5) is 0 Å². The number of hydrogen-bond acceptors (Lipinski definition) is 5. The van der Waals surface area contributed by atoms with Gasteiger partial charge in [0.15, 0.2) is 17.5 Å². The molecule has 0 amide bonds. The van der Waals surface area contributed by atoms with Gasteiger partial charge < -0.3 is 8.98 Å². The summed E-state index contributed by atoms with van der Waals surface area (Å²) in [5, 5.41) is 9.28.